The highest BCUT2D eigenvalue weighted by atomic mass is 19.4. The second-order valence-corrected chi connectivity index (χ2v) is 4.22. The fourth-order valence-electron chi connectivity index (χ4n) is 2.02. The van der Waals surface area contributed by atoms with Crippen molar-refractivity contribution in [2.45, 2.75) is 6.18 Å². The van der Waals surface area contributed by atoms with Crippen molar-refractivity contribution in [3.63, 3.8) is 0 Å². The molecule has 0 saturated heterocycles. The molecule has 7 heteroatoms. The fourth-order valence-corrected chi connectivity index (χ4v) is 2.02. The molecule has 102 valence electrons. The minimum Gasteiger partial charge on any atom is -0.304 e. The van der Waals surface area contributed by atoms with Crippen LogP contribution in [0, 0.1) is 0 Å². The molecule has 0 radical (unpaired) electrons. The van der Waals surface area contributed by atoms with Gasteiger partial charge >= 0.3 is 11.9 Å². The number of nitrogens with one attached hydrogen (secondary N) is 2. The molecule has 0 saturated carbocycles. The van der Waals surface area contributed by atoms with Crippen molar-refractivity contribution in [3.8, 4) is 11.1 Å². The molecule has 20 heavy (non-hydrogen) atoms. The maximum Gasteiger partial charge on any atom is 0.434 e. The Kier molecular flexibility index (Phi) is 2.63. The lowest BCUT2D eigenvalue weighted by Crippen LogP contribution is -2.10. The quantitative estimate of drug-likeness (QED) is 0.719. The fraction of sp³-hybridized carbons (Fsp3) is 0.0769. The lowest BCUT2D eigenvalue weighted by molar-refractivity contribution is -0.140. The van der Waals surface area contributed by atoms with Crippen LogP contribution in [0.5, 0.6) is 0 Å². The molecule has 1 aromatic carbocycles. The van der Waals surface area contributed by atoms with Crippen molar-refractivity contribution in [2.24, 2.45) is 0 Å². The summed E-state index contributed by atoms with van der Waals surface area (Å²) in [6, 6.07) is 9.38. The summed E-state index contributed by atoms with van der Waals surface area (Å²) in [5.41, 5.74) is -1.17. The monoisotopic (exact) mass is 279 g/mol. The van der Waals surface area contributed by atoms with Crippen molar-refractivity contribution in [1.29, 1.82) is 0 Å². The van der Waals surface area contributed by atoms with E-state index in [9.17, 15) is 18.0 Å². The molecule has 0 aliphatic heterocycles. The maximum atomic E-state index is 13.1. The number of H-pyrrole nitrogens is 2. The SMILES string of the molecule is O=c1[nH]c2cc(-c3ccccc3)c(C(F)(F)F)nc2[nH]1. The van der Waals surface area contributed by atoms with Crippen LogP contribution in [0.4, 0.5) is 13.2 Å². The van der Waals surface area contributed by atoms with E-state index in [0.29, 0.717) is 5.56 Å². The number of hydrogen-bond acceptors (Lipinski definition) is 2. The Labute approximate surface area is 110 Å². The molecule has 3 rings (SSSR count). The van der Waals surface area contributed by atoms with Gasteiger partial charge in [0.05, 0.1) is 5.52 Å². The summed E-state index contributed by atoms with van der Waals surface area (Å²) >= 11 is 0. The number of imidazole rings is 1. The minimum atomic E-state index is -4.60. The van der Waals surface area contributed by atoms with Gasteiger partial charge < -0.3 is 4.98 Å². The topological polar surface area (TPSA) is 61.5 Å². The van der Waals surface area contributed by atoms with E-state index in [-0.39, 0.29) is 16.7 Å². The number of aromatic amines is 2. The van der Waals surface area contributed by atoms with Crippen LogP contribution in [-0.4, -0.2) is 15.0 Å². The van der Waals surface area contributed by atoms with Crippen LogP contribution in [-0.2, 0) is 6.18 Å². The van der Waals surface area contributed by atoms with Gasteiger partial charge in [0.2, 0.25) is 0 Å². The zero-order valence-corrected chi connectivity index (χ0v) is 9.95. The van der Waals surface area contributed by atoms with Gasteiger partial charge in [0.1, 0.15) is 0 Å². The van der Waals surface area contributed by atoms with Gasteiger partial charge in [-0.25, -0.2) is 9.78 Å². The van der Waals surface area contributed by atoms with E-state index in [0.717, 1.165) is 0 Å². The predicted octanol–water partition coefficient (Wildman–Crippen LogP) is 2.94. The second kappa shape index (κ2) is 4.22. The van der Waals surface area contributed by atoms with E-state index >= 15 is 0 Å². The third kappa shape index (κ3) is 2.07. The van der Waals surface area contributed by atoms with Crippen LogP contribution < -0.4 is 5.69 Å². The number of alkyl halides is 3. The number of pyridine rings is 1. The largest absolute Gasteiger partial charge is 0.434 e. The predicted molar refractivity (Wildman–Crippen MR) is 67.2 cm³/mol. The number of nitrogens with zero attached hydrogens (tertiary/aromatic N) is 1. The van der Waals surface area contributed by atoms with E-state index < -0.39 is 17.6 Å². The van der Waals surface area contributed by atoms with Gasteiger partial charge in [0.25, 0.3) is 0 Å². The van der Waals surface area contributed by atoms with Gasteiger partial charge in [-0.15, -0.1) is 0 Å². The molecular weight excluding hydrogens is 271 g/mol. The molecule has 0 bridgehead atoms. The van der Waals surface area contributed by atoms with Crippen molar-refractivity contribution in [3.05, 3.63) is 52.6 Å². The Balaban J connectivity index is 2.36. The lowest BCUT2D eigenvalue weighted by Gasteiger charge is -2.11. The summed E-state index contributed by atoms with van der Waals surface area (Å²) in [4.78, 5) is 19.3. The van der Waals surface area contributed by atoms with Crippen molar-refractivity contribution in [2.75, 3.05) is 0 Å². The average Bonchev–Trinajstić information content (AvgIpc) is 2.76. The Morgan fingerprint density at radius 1 is 1.05 bits per heavy atom. The summed E-state index contributed by atoms with van der Waals surface area (Å²) in [6.45, 7) is 0. The van der Waals surface area contributed by atoms with Crippen LogP contribution in [0.3, 0.4) is 0 Å². The van der Waals surface area contributed by atoms with E-state index in [4.69, 9.17) is 0 Å². The average molecular weight is 279 g/mol. The van der Waals surface area contributed by atoms with Crippen molar-refractivity contribution in [1.82, 2.24) is 15.0 Å². The molecule has 2 aromatic heterocycles. The molecule has 0 aliphatic carbocycles. The maximum absolute atomic E-state index is 13.1. The molecule has 0 spiro atoms. The number of aromatic nitrogens is 3. The molecular formula is C13H8F3N3O. The zero-order valence-electron chi connectivity index (χ0n) is 9.95. The van der Waals surface area contributed by atoms with Crippen LogP contribution in [0.1, 0.15) is 5.69 Å². The Hall–Kier alpha value is -2.57. The van der Waals surface area contributed by atoms with Crippen LogP contribution in [0.15, 0.2) is 41.2 Å². The summed E-state index contributed by atoms with van der Waals surface area (Å²) < 4.78 is 39.3. The second-order valence-electron chi connectivity index (χ2n) is 4.22. The molecule has 0 atom stereocenters. The molecule has 0 amide bonds. The first-order valence-electron chi connectivity index (χ1n) is 5.71. The third-order valence-corrected chi connectivity index (χ3v) is 2.86. The van der Waals surface area contributed by atoms with Gasteiger partial charge in [-0.1, -0.05) is 30.3 Å². The molecule has 0 unspecified atom stereocenters. The van der Waals surface area contributed by atoms with Crippen LogP contribution in [0.2, 0.25) is 0 Å². The van der Waals surface area contributed by atoms with Crippen LogP contribution in [0.25, 0.3) is 22.3 Å². The Morgan fingerprint density at radius 3 is 2.40 bits per heavy atom. The normalized spacial score (nSPS) is 11.9. The summed E-state index contributed by atoms with van der Waals surface area (Å²) in [7, 11) is 0. The lowest BCUT2D eigenvalue weighted by atomic mass is 10.0. The van der Waals surface area contributed by atoms with Gasteiger partial charge in [-0.3, -0.25) is 4.98 Å². The number of hydrogen-bond donors (Lipinski definition) is 2. The Morgan fingerprint density at radius 2 is 1.75 bits per heavy atom. The van der Waals surface area contributed by atoms with E-state index in [1.165, 1.54) is 6.07 Å². The van der Waals surface area contributed by atoms with Crippen molar-refractivity contribution >= 4 is 11.2 Å². The molecule has 0 fully saturated rings. The van der Waals surface area contributed by atoms with Crippen molar-refractivity contribution < 1.29 is 13.2 Å². The highest BCUT2D eigenvalue weighted by Gasteiger charge is 2.36. The number of benzene rings is 1. The molecule has 0 aliphatic rings. The summed E-state index contributed by atoms with van der Waals surface area (Å²) in [5.74, 6) is 0. The van der Waals surface area contributed by atoms with E-state index in [1.54, 1.807) is 30.3 Å². The first-order chi connectivity index (χ1) is 9.45. The molecule has 4 nitrogen and oxygen atoms in total. The van der Waals surface area contributed by atoms with E-state index in [2.05, 4.69) is 15.0 Å². The first kappa shape index (κ1) is 12.5. The highest BCUT2D eigenvalue weighted by molar-refractivity contribution is 5.80. The van der Waals surface area contributed by atoms with Gasteiger partial charge in [0, 0.05) is 5.56 Å². The number of fused-ring (bicyclic) bond motifs is 1. The number of rotatable bonds is 1. The summed E-state index contributed by atoms with van der Waals surface area (Å²) in [5, 5.41) is 0. The van der Waals surface area contributed by atoms with Crippen LogP contribution >= 0.6 is 0 Å². The standard InChI is InChI=1S/C13H8F3N3O/c14-13(15,16)10-8(7-4-2-1-3-5-7)6-9-11(18-10)19-12(20)17-9/h1-6H,(H2,17,18,19,20). The highest BCUT2D eigenvalue weighted by Crippen LogP contribution is 2.36. The number of halogens is 3. The zero-order chi connectivity index (χ0) is 14.3. The smallest absolute Gasteiger partial charge is 0.304 e. The summed E-state index contributed by atoms with van der Waals surface area (Å²) in [6.07, 6.45) is -4.60. The minimum absolute atomic E-state index is 0.0687. The molecule has 3 aromatic rings. The van der Waals surface area contributed by atoms with E-state index in [1.807, 2.05) is 0 Å². The van der Waals surface area contributed by atoms with Gasteiger partial charge in [-0.2, -0.15) is 13.2 Å². The molecule has 2 heterocycles. The van der Waals surface area contributed by atoms with Gasteiger partial charge in [-0.05, 0) is 11.6 Å². The third-order valence-electron chi connectivity index (χ3n) is 2.86. The first-order valence-corrected chi connectivity index (χ1v) is 5.71. The Bertz CT molecular complexity index is 818. The molecule has 2 N–H and O–H groups in total. The van der Waals surface area contributed by atoms with Gasteiger partial charge in [0.15, 0.2) is 11.3 Å².